The zero-order valence-corrected chi connectivity index (χ0v) is 19.1. The fraction of sp³-hybridized carbons (Fsp3) is 0.0588. The van der Waals surface area contributed by atoms with Crippen LogP contribution in [0.2, 0.25) is 0 Å². The van der Waals surface area contributed by atoms with Gasteiger partial charge in [-0.3, -0.25) is 0 Å². The third-order valence-corrected chi connectivity index (χ3v) is 6.79. The van der Waals surface area contributed by atoms with Crippen molar-refractivity contribution in [1.29, 1.82) is 0 Å². The minimum absolute atomic E-state index is 0.251. The molecule has 0 spiro atoms. The number of hydrogen-bond donors (Lipinski definition) is 0. The Balaban J connectivity index is 1.35. The molecule has 0 amide bonds. The highest BCUT2D eigenvalue weighted by Crippen LogP contribution is 2.34. The Morgan fingerprint density at radius 1 is 0.559 bits per heavy atom. The van der Waals surface area contributed by atoms with Gasteiger partial charge in [0.05, 0.1) is 0 Å². The van der Waals surface area contributed by atoms with Gasteiger partial charge in [0.15, 0.2) is 0 Å². The maximum Gasteiger partial charge on any atom is 0.0275 e. The predicted molar refractivity (Wildman–Crippen MR) is 146 cm³/mol. The second-order valence-electron chi connectivity index (χ2n) is 8.96. The van der Waals surface area contributed by atoms with E-state index in [4.69, 9.17) is 0 Å². The van der Waals surface area contributed by atoms with Gasteiger partial charge < -0.3 is 0 Å². The van der Waals surface area contributed by atoms with E-state index in [-0.39, 0.29) is 5.92 Å². The van der Waals surface area contributed by atoms with E-state index in [0.717, 1.165) is 6.42 Å². The molecule has 0 atom stereocenters. The van der Waals surface area contributed by atoms with Gasteiger partial charge in [-0.05, 0) is 67.9 Å². The highest BCUT2D eigenvalue weighted by atomic mass is 14.2. The summed E-state index contributed by atoms with van der Waals surface area (Å²) in [6.07, 6.45) is 10.3. The third kappa shape index (κ3) is 4.00. The number of benzene rings is 5. The maximum atomic E-state index is 2.42. The average Bonchev–Trinajstić information content (AvgIpc) is 2.91. The number of hydrogen-bond acceptors (Lipinski definition) is 0. The van der Waals surface area contributed by atoms with E-state index in [1.54, 1.807) is 0 Å². The summed E-state index contributed by atoms with van der Waals surface area (Å²) in [7, 11) is 0. The Morgan fingerprint density at radius 3 is 1.82 bits per heavy atom. The molecule has 162 valence electrons. The molecule has 1 aliphatic carbocycles. The van der Waals surface area contributed by atoms with Crippen LogP contribution < -0.4 is 0 Å². The lowest BCUT2D eigenvalue weighted by atomic mass is 9.87. The highest BCUT2D eigenvalue weighted by molar-refractivity contribution is 6.04. The van der Waals surface area contributed by atoms with Crippen molar-refractivity contribution in [3.8, 4) is 0 Å². The largest absolute Gasteiger partial charge is 0.0722 e. The summed E-state index contributed by atoms with van der Waals surface area (Å²) in [6.45, 7) is 0. The van der Waals surface area contributed by atoms with E-state index in [1.807, 2.05) is 0 Å². The molecule has 0 aromatic heterocycles. The van der Waals surface area contributed by atoms with Gasteiger partial charge >= 0.3 is 0 Å². The van der Waals surface area contributed by atoms with Crippen molar-refractivity contribution in [2.24, 2.45) is 0 Å². The molecule has 0 heteroatoms. The zero-order valence-electron chi connectivity index (χ0n) is 19.1. The van der Waals surface area contributed by atoms with Crippen LogP contribution in [0.15, 0.2) is 145 Å². The number of rotatable bonds is 4. The van der Waals surface area contributed by atoms with Crippen molar-refractivity contribution in [3.63, 3.8) is 0 Å². The molecule has 0 radical (unpaired) electrons. The first-order chi connectivity index (χ1) is 16.8. The van der Waals surface area contributed by atoms with Gasteiger partial charge in [-0.15, -0.1) is 0 Å². The Hall–Kier alpha value is -4.16. The van der Waals surface area contributed by atoms with Gasteiger partial charge in [-0.1, -0.05) is 127 Å². The van der Waals surface area contributed by atoms with Crippen molar-refractivity contribution < 1.29 is 0 Å². The van der Waals surface area contributed by atoms with Crippen LogP contribution >= 0.6 is 0 Å². The van der Waals surface area contributed by atoms with E-state index < -0.39 is 0 Å². The molecule has 34 heavy (non-hydrogen) atoms. The maximum absolute atomic E-state index is 2.42. The molecular weight excluding hydrogens is 408 g/mol. The molecule has 0 heterocycles. The van der Waals surface area contributed by atoms with Crippen LogP contribution in [-0.2, 0) is 0 Å². The summed E-state index contributed by atoms with van der Waals surface area (Å²) in [5.41, 5.74) is 6.61. The molecular formula is C34H26. The molecule has 5 aromatic rings. The standard InChI is InChI=1S/C34H26/c1-3-10-26(11-4-1)33(27-12-5-2-6-13-27)22-25-18-20-28(21-19-25)32-17-9-16-31-23-29-14-7-8-15-30(29)24-34(31)32/h1-18,20-24,33H,19H2. The Morgan fingerprint density at radius 2 is 1.18 bits per heavy atom. The topological polar surface area (TPSA) is 0 Å². The first kappa shape index (κ1) is 20.4. The van der Waals surface area contributed by atoms with Crippen LogP contribution in [0.1, 0.15) is 29.0 Å². The average molecular weight is 435 g/mol. The van der Waals surface area contributed by atoms with Gasteiger partial charge in [-0.25, -0.2) is 0 Å². The van der Waals surface area contributed by atoms with E-state index in [9.17, 15) is 0 Å². The summed E-state index contributed by atoms with van der Waals surface area (Å²) in [6, 6.07) is 41.5. The van der Waals surface area contributed by atoms with Crippen LogP contribution in [0.3, 0.4) is 0 Å². The minimum Gasteiger partial charge on any atom is -0.0722 e. The van der Waals surface area contributed by atoms with Crippen molar-refractivity contribution in [2.45, 2.75) is 12.3 Å². The highest BCUT2D eigenvalue weighted by Gasteiger charge is 2.14. The van der Waals surface area contributed by atoms with Gasteiger partial charge in [0.1, 0.15) is 0 Å². The van der Waals surface area contributed by atoms with Crippen LogP contribution in [-0.4, -0.2) is 0 Å². The van der Waals surface area contributed by atoms with Gasteiger partial charge in [0.25, 0.3) is 0 Å². The Kier molecular flexibility index (Phi) is 5.41. The lowest BCUT2D eigenvalue weighted by Gasteiger charge is -2.18. The normalized spacial score (nSPS) is 14.7. The fourth-order valence-electron chi connectivity index (χ4n) is 5.02. The first-order valence-electron chi connectivity index (χ1n) is 12.0. The minimum atomic E-state index is 0.251. The predicted octanol–water partition coefficient (Wildman–Crippen LogP) is 9.09. The van der Waals surface area contributed by atoms with Gasteiger partial charge in [0.2, 0.25) is 0 Å². The number of allylic oxidation sites excluding steroid dienone is 6. The number of fused-ring (bicyclic) bond motifs is 2. The van der Waals surface area contributed by atoms with Crippen LogP contribution in [0.5, 0.6) is 0 Å². The third-order valence-electron chi connectivity index (χ3n) is 6.79. The summed E-state index contributed by atoms with van der Waals surface area (Å²) < 4.78 is 0. The summed E-state index contributed by atoms with van der Waals surface area (Å²) in [4.78, 5) is 0. The van der Waals surface area contributed by atoms with Crippen molar-refractivity contribution in [3.05, 3.63) is 162 Å². The van der Waals surface area contributed by atoms with Gasteiger partial charge in [0, 0.05) is 5.92 Å². The second-order valence-corrected chi connectivity index (χ2v) is 8.96. The van der Waals surface area contributed by atoms with Crippen molar-refractivity contribution in [1.82, 2.24) is 0 Å². The molecule has 0 saturated heterocycles. The summed E-state index contributed by atoms with van der Waals surface area (Å²) >= 11 is 0. The molecule has 0 nitrogen and oxygen atoms in total. The summed E-state index contributed by atoms with van der Waals surface area (Å²) in [5, 5.41) is 5.19. The van der Waals surface area contributed by atoms with E-state index in [2.05, 4.69) is 140 Å². The molecule has 0 N–H and O–H groups in total. The van der Waals surface area contributed by atoms with Crippen LogP contribution in [0.4, 0.5) is 0 Å². The lowest BCUT2D eigenvalue weighted by molar-refractivity contribution is 1.00. The molecule has 0 unspecified atom stereocenters. The van der Waals surface area contributed by atoms with Crippen molar-refractivity contribution in [2.75, 3.05) is 0 Å². The smallest absolute Gasteiger partial charge is 0.0275 e. The molecule has 0 fully saturated rings. The summed E-state index contributed by atoms with van der Waals surface area (Å²) in [5.74, 6) is 0.251. The van der Waals surface area contributed by atoms with E-state index in [0.29, 0.717) is 0 Å². The molecule has 1 aliphatic rings. The monoisotopic (exact) mass is 434 g/mol. The lowest BCUT2D eigenvalue weighted by Crippen LogP contribution is -2.00. The molecule has 0 saturated carbocycles. The molecule has 6 rings (SSSR count). The van der Waals surface area contributed by atoms with Crippen molar-refractivity contribution >= 4 is 27.1 Å². The van der Waals surface area contributed by atoms with E-state index >= 15 is 0 Å². The van der Waals surface area contributed by atoms with Crippen LogP contribution in [0, 0.1) is 0 Å². The molecule has 5 aromatic carbocycles. The van der Waals surface area contributed by atoms with Gasteiger partial charge in [-0.2, -0.15) is 0 Å². The molecule has 0 bridgehead atoms. The van der Waals surface area contributed by atoms with Crippen LogP contribution in [0.25, 0.3) is 27.1 Å². The molecule has 0 aliphatic heterocycles. The quantitative estimate of drug-likeness (QED) is 0.247. The zero-order chi connectivity index (χ0) is 22.7. The van der Waals surface area contributed by atoms with E-state index in [1.165, 1.54) is 49.4 Å². The Bertz CT molecular complexity index is 1510. The first-order valence-corrected chi connectivity index (χ1v) is 12.0. The fourth-order valence-corrected chi connectivity index (χ4v) is 5.02. The second kappa shape index (κ2) is 9.00. The Labute approximate surface area is 201 Å². The SMILES string of the molecule is C1=CC(c2cccc3cc4ccccc4cc23)=CCC1=CC(c1ccccc1)c1ccccc1.